The maximum Gasteiger partial charge on any atom is 0.116 e. The van der Waals surface area contributed by atoms with Crippen LogP contribution in [0.4, 0.5) is 0 Å². The molecule has 2 aromatic heterocycles. The van der Waals surface area contributed by atoms with E-state index in [1.165, 1.54) is 0 Å². The molecule has 2 nitrogen and oxygen atoms in total. The minimum absolute atomic E-state index is 0.0496. The Balaban J connectivity index is 1.91. The molecule has 0 N–H and O–H groups in total. The first-order valence-electron chi connectivity index (χ1n) is 5.70. The van der Waals surface area contributed by atoms with Crippen molar-refractivity contribution in [1.82, 2.24) is 9.97 Å². The topological polar surface area (TPSA) is 25.8 Å². The molecule has 0 aliphatic carbocycles. The Morgan fingerprint density at radius 3 is 2.78 bits per heavy atom. The molecule has 4 heteroatoms. The van der Waals surface area contributed by atoms with Gasteiger partial charge in [-0.15, -0.1) is 22.9 Å². The fourth-order valence-corrected chi connectivity index (χ4v) is 3.07. The van der Waals surface area contributed by atoms with Crippen LogP contribution in [0, 0.1) is 0 Å². The third-order valence-electron chi connectivity index (χ3n) is 2.85. The number of halogens is 1. The SMILES string of the molecule is ClC(Cc1ncnc2ccsc12)c1ccccc1. The molecular weight excluding hydrogens is 264 g/mol. The van der Waals surface area contributed by atoms with Crippen molar-refractivity contribution in [2.75, 3.05) is 0 Å². The van der Waals surface area contributed by atoms with E-state index in [0.29, 0.717) is 0 Å². The molecule has 2 heterocycles. The molecule has 1 unspecified atom stereocenters. The summed E-state index contributed by atoms with van der Waals surface area (Å²) in [4.78, 5) is 8.60. The van der Waals surface area contributed by atoms with Gasteiger partial charge in [-0.1, -0.05) is 30.3 Å². The number of hydrogen-bond donors (Lipinski definition) is 0. The zero-order valence-corrected chi connectivity index (χ0v) is 11.2. The lowest BCUT2D eigenvalue weighted by atomic mass is 10.1. The lowest BCUT2D eigenvalue weighted by molar-refractivity contribution is 0.887. The second kappa shape index (κ2) is 5.04. The molecule has 0 fully saturated rings. The molecule has 0 saturated carbocycles. The number of alkyl halides is 1. The second-order valence-corrected chi connectivity index (χ2v) is 5.48. The first-order chi connectivity index (χ1) is 8.84. The molecule has 3 aromatic rings. The first kappa shape index (κ1) is 11.6. The molecule has 0 radical (unpaired) electrons. The van der Waals surface area contributed by atoms with E-state index >= 15 is 0 Å². The summed E-state index contributed by atoms with van der Waals surface area (Å²) in [6.07, 6.45) is 2.34. The van der Waals surface area contributed by atoms with Crippen molar-refractivity contribution in [3.63, 3.8) is 0 Å². The summed E-state index contributed by atoms with van der Waals surface area (Å²) in [5, 5.41) is 1.99. The Kier molecular flexibility index (Phi) is 3.26. The zero-order chi connectivity index (χ0) is 12.4. The van der Waals surface area contributed by atoms with E-state index in [0.717, 1.165) is 27.9 Å². The van der Waals surface area contributed by atoms with Crippen LogP contribution < -0.4 is 0 Å². The largest absolute Gasteiger partial charge is 0.240 e. The van der Waals surface area contributed by atoms with Gasteiger partial charge in [-0.2, -0.15) is 0 Å². The van der Waals surface area contributed by atoms with Crippen molar-refractivity contribution in [3.05, 3.63) is 59.4 Å². The number of aromatic nitrogens is 2. The lowest BCUT2D eigenvalue weighted by Gasteiger charge is -2.09. The zero-order valence-electron chi connectivity index (χ0n) is 9.58. The van der Waals surface area contributed by atoms with Gasteiger partial charge in [-0.3, -0.25) is 0 Å². The molecule has 0 aliphatic rings. The monoisotopic (exact) mass is 274 g/mol. The highest BCUT2D eigenvalue weighted by molar-refractivity contribution is 7.17. The summed E-state index contributed by atoms with van der Waals surface area (Å²) >= 11 is 8.12. The van der Waals surface area contributed by atoms with Crippen LogP contribution in [0.1, 0.15) is 16.6 Å². The van der Waals surface area contributed by atoms with E-state index in [-0.39, 0.29) is 5.38 Å². The van der Waals surface area contributed by atoms with Crippen LogP contribution in [-0.4, -0.2) is 9.97 Å². The van der Waals surface area contributed by atoms with Gasteiger partial charge in [0.2, 0.25) is 0 Å². The van der Waals surface area contributed by atoms with E-state index in [2.05, 4.69) is 9.97 Å². The van der Waals surface area contributed by atoms with Crippen molar-refractivity contribution >= 4 is 33.2 Å². The molecule has 0 spiro atoms. The molecule has 1 atom stereocenters. The van der Waals surface area contributed by atoms with Crippen molar-refractivity contribution in [3.8, 4) is 0 Å². The number of hydrogen-bond acceptors (Lipinski definition) is 3. The number of fused-ring (bicyclic) bond motifs is 1. The van der Waals surface area contributed by atoms with Crippen molar-refractivity contribution < 1.29 is 0 Å². The van der Waals surface area contributed by atoms with Crippen LogP contribution in [0.15, 0.2) is 48.1 Å². The van der Waals surface area contributed by atoms with Gasteiger partial charge in [0.15, 0.2) is 0 Å². The summed E-state index contributed by atoms with van der Waals surface area (Å²) in [5.74, 6) is 0. The van der Waals surface area contributed by atoms with Gasteiger partial charge in [0, 0.05) is 6.42 Å². The minimum atomic E-state index is -0.0496. The summed E-state index contributed by atoms with van der Waals surface area (Å²) in [6, 6.07) is 12.1. The summed E-state index contributed by atoms with van der Waals surface area (Å²) in [5.41, 5.74) is 3.16. The van der Waals surface area contributed by atoms with Crippen LogP contribution >= 0.6 is 22.9 Å². The Bertz CT molecular complexity index is 651. The van der Waals surface area contributed by atoms with Crippen LogP contribution in [-0.2, 0) is 6.42 Å². The predicted molar refractivity (Wildman–Crippen MR) is 76.2 cm³/mol. The Labute approximate surface area is 114 Å². The van der Waals surface area contributed by atoms with Gasteiger partial charge in [0.05, 0.1) is 21.3 Å². The second-order valence-electron chi connectivity index (χ2n) is 4.04. The maximum absolute atomic E-state index is 6.45. The van der Waals surface area contributed by atoms with Crippen molar-refractivity contribution in [2.45, 2.75) is 11.8 Å². The van der Waals surface area contributed by atoms with E-state index in [1.54, 1.807) is 17.7 Å². The third-order valence-corrected chi connectivity index (χ3v) is 4.21. The number of rotatable bonds is 3. The average Bonchev–Trinajstić information content (AvgIpc) is 2.89. The molecule has 0 aliphatic heterocycles. The van der Waals surface area contributed by atoms with E-state index in [9.17, 15) is 0 Å². The van der Waals surface area contributed by atoms with Gasteiger partial charge in [-0.05, 0) is 17.0 Å². The normalized spacial score (nSPS) is 12.7. The fourth-order valence-electron chi connectivity index (χ4n) is 1.93. The molecule has 0 saturated heterocycles. The standard InChI is InChI=1S/C14H11ClN2S/c15-11(10-4-2-1-3-5-10)8-13-14-12(6-7-18-14)16-9-17-13/h1-7,9,11H,8H2. The van der Waals surface area contributed by atoms with Gasteiger partial charge >= 0.3 is 0 Å². The van der Waals surface area contributed by atoms with Gasteiger partial charge in [0.1, 0.15) is 6.33 Å². The maximum atomic E-state index is 6.45. The van der Waals surface area contributed by atoms with Gasteiger partial charge < -0.3 is 0 Å². The van der Waals surface area contributed by atoms with Crippen molar-refractivity contribution in [1.29, 1.82) is 0 Å². The van der Waals surface area contributed by atoms with Crippen LogP contribution in [0.2, 0.25) is 0 Å². The number of thiophene rings is 1. The first-order valence-corrected chi connectivity index (χ1v) is 7.02. The minimum Gasteiger partial charge on any atom is -0.240 e. The van der Waals surface area contributed by atoms with E-state index in [1.807, 2.05) is 41.8 Å². The van der Waals surface area contributed by atoms with E-state index < -0.39 is 0 Å². The molecule has 18 heavy (non-hydrogen) atoms. The van der Waals surface area contributed by atoms with Gasteiger partial charge in [-0.25, -0.2) is 9.97 Å². The molecular formula is C14H11ClN2S. The predicted octanol–water partition coefficient (Wildman–Crippen LogP) is 4.21. The van der Waals surface area contributed by atoms with Crippen LogP contribution in [0.5, 0.6) is 0 Å². The molecule has 0 bridgehead atoms. The van der Waals surface area contributed by atoms with E-state index in [4.69, 9.17) is 11.6 Å². The Morgan fingerprint density at radius 1 is 1.11 bits per heavy atom. The molecule has 90 valence electrons. The number of benzene rings is 1. The van der Waals surface area contributed by atoms with Crippen molar-refractivity contribution in [2.24, 2.45) is 0 Å². The Hall–Kier alpha value is -1.45. The average molecular weight is 275 g/mol. The quantitative estimate of drug-likeness (QED) is 0.669. The fraction of sp³-hybridized carbons (Fsp3) is 0.143. The highest BCUT2D eigenvalue weighted by Crippen LogP contribution is 2.28. The summed E-state index contributed by atoms with van der Waals surface area (Å²) in [7, 11) is 0. The summed E-state index contributed by atoms with van der Waals surface area (Å²) < 4.78 is 1.14. The van der Waals surface area contributed by atoms with Crippen LogP contribution in [0.3, 0.4) is 0 Å². The molecule has 3 rings (SSSR count). The summed E-state index contributed by atoms with van der Waals surface area (Å²) in [6.45, 7) is 0. The third kappa shape index (κ3) is 2.24. The molecule has 1 aromatic carbocycles. The number of nitrogens with zero attached hydrogens (tertiary/aromatic N) is 2. The van der Waals surface area contributed by atoms with Gasteiger partial charge in [0.25, 0.3) is 0 Å². The van der Waals surface area contributed by atoms with Crippen LogP contribution in [0.25, 0.3) is 10.2 Å². The lowest BCUT2D eigenvalue weighted by Crippen LogP contribution is -1.98. The highest BCUT2D eigenvalue weighted by Gasteiger charge is 2.12. The highest BCUT2D eigenvalue weighted by atomic mass is 35.5. The molecule has 0 amide bonds. The smallest absolute Gasteiger partial charge is 0.116 e. The Morgan fingerprint density at radius 2 is 1.94 bits per heavy atom.